The predicted molar refractivity (Wildman–Crippen MR) is 85.9 cm³/mol. The number of rotatable bonds is 3. The topological polar surface area (TPSA) is 79.3 Å². The molecule has 1 saturated carbocycles. The molecule has 3 atom stereocenters. The van der Waals surface area contributed by atoms with Gasteiger partial charge in [-0.2, -0.15) is 5.26 Å². The molecular formula is C18H18F2N2O2. The molecule has 4 nitrogen and oxygen atoms in total. The van der Waals surface area contributed by atoms with E-state index in [-0.39, 0.29) is 28.3 Å². The van der Waals surface area contributed by atoms with Crippen LogP contribution in [0.2, 0.25) is 0 Å². The van der Waals surface area contributed by atoms with Crippen molar-refractivity contribution in [3.05, 3.63) is 64.8 Å². The maximum Gasteiger partial charge on any atom is 0.137 e. The van der Waals surface area contributed by atoms with E-state index < -0.39 is 24.0 Å². The number of aliphatic hydroxyl groups is 1. The van der Waals surface area contributed by atoms with Gasteiger partial charge in [-0.25, -0.2) is 8.78 Å². The molecule has 0 heterocycles. The summed E-state index contributed by atoms with van der Waals surface area (Å²) in [5.41, 5.74) is 6.78. The predicted octanol–water partition coefficient (Wildman–Crippen LogP) is 3.10. The molecule has 1 aromatic carbocycles. The monoisotopic (exact) mass is 332 g/mol. The second-order valence-electron chi connectivity index (χ2n) is 5.65. The molecule has 0 aromatic heterocycles. The van der Waals surface area contributed by atoms with Crippen LogP contribution in [-0.4, -0.2) is 17.4 Å². The summed E-state index contributed by atoms with van der Waals surface area (Å²) >= 11 is 0. The molecule has 126 valence electrons. The van der Waals surface area contributed by atoms with E-state index in [9.17, 15) is 13.9 Å². The van der Waals surface area contributed by atoms with E-state index >= 15 is 0 Å². The summed E-state index contributed by atoms with van der Waals surface area (Å²) in [4.78, 5) is 0. The van der Waals surface area contributed by atoms with Crippen molar-refractivity contribution in [1.29, 1.82) is 5.26 Å². The van der Waals surface area contributed by atoms with Crippen LogP contribution in [0, 0.1) is 23.1 Å². The Balaban J connectivity index is 2.56. The molecule has 0 spiro atoms. The average molecular weight is 332 g/mol. The van der Waals surface area contributed by atoms with Crippen LogP contribution in [0.3, 0.4) is 0 Å². The SMILES string of the molecule is C=CC(Oc1cc(F)cc(C#N)c1)=C1/C(=C(\C)N)C(O)C(F)C1C. The minimum Gasteiger partial charge on any atom is -0.457 e. The molecule has 24 heavy (non-hydrogen) atoms. The molecule has 0 bridgehead atoms. The zero-order valence-corrected chi connectivity index (χ0v) is 13.4. The van der Waals surface area contributed by atoms with Crippen molar-refractivity contribution in [2.24, 2.45) is 11.7 Å². The molecule has 2 rings (SSSR count). The molecule has 1 aromatic rings. The number of hydrogen-bond acceptors (Lipinski definition) is 4. The Morgan fingerprint density at radius 2 is 2.08 bits per heavy atom. The summed E-state index contributed by atoms with van der Waals surface area (Å²) in [7, 11) is 0. The smallest absolute Gasteiger partial charge is 0.137 e. The van der Waals surface area contributed by atoms with Gasteiger partial charge in [0.1, 0.15) is 29.6 Å². The lowest BCUT2D eigenvalue weighted by molar-refractivity contribution is 0.107. The summed E-state index contributed by atoms with van der Waals surface area (Å²) in [6.07, 6.45) is -1.55. The average Bonchev–Trinajstić information content (AvgIpc) is 2.76. The molecule has 6 heteroatoms. The third-order valence-electron chi connectivity index (χ3n) is 3.92. The Hall–Kier alpha value is -2.65. The highest BCUT2D eigenvalue weighted by Gasteiger charge is 2.43. The van der Waals surface area contributed by atoms with Crippen LogP contribution in [-0.2, 0) is 0 Å². The number of benzene rings is 1. The van der Waals surface area contributed by atoms with Crippen LogP contribution in [0.15, 0.2) is 53.5 Å². The zero-order valence-electron chi connectivity index (χ0n) is 13.4. The molecule has 1 aliphatic rings. The lowest BCUT2D eigenvalue weighted by atomic mass is 9.99. The van der Waals surface area contributed by atoms with Crippen molar-refractivity contribution in [1.82, 2.24) is 0 Å². The van der Waals surface area contributed by atoms with Gasteiger partial charge in [0.25, 0.3) is 0 Å². The van der Waals surface area contributed by atoms with Crippen LogP contribution in [0.25, 0.3) is 0 Å². The Labute approximate surface area is 139 Å². The number of hydrogen-bond donors (Lipinski definition) is 2. The van der Waals surface area contributed by atoms with Gasteiger partial charge in [0.15, 0.2) is 0 Å². The molecular weight excluding hydrogens is 314 g/mol. The first kappa shape index (κ1) is 17.7. The van der Waals surface area contributed by atoms with Crippen molar-refractivity contribution < 1.29 is 18.6 Å². The Kier molecular flexibility index (Phi) is 5.05. The van der Waals surface area contributed by atoms with Crippen LogP contribution < -0.4 is 10.5 Å². The second kappa shape index (κ2) is 6.85. The maximum atomic E-state index is 14.2. The van der Waals surface area contributed by atoms with Gasteiger partial charge in [-0.15, -0.1) is 0 Å². The van der Waals surface area contributed by atoms with Gasteiger partial charge in [0.05, 0.1) is 11.6 Å². The lowest BCUT2D eigenvalue weighted by Crippen LogP contribution is -2.20. The van der Waals surface area contributed by atoms with Gasteiger partial charge in [0, 0.05) is 28.8 Å². The third kappa shape index (κ3) is 3.17. The largest absolute Gasteiger partial charge is 0.457 e. The molecule has 0 saturated heterocycles. The Bertz CT molecular complexity index is 774. The van der Waals surface area contributed by atoms with Gasteiger partial charge in [-0.1, -0.05) is 13.5 Å². The lowest BCUT2D eigenvalue weighted by Gasteiger charge is -2.15. The summed E-state index contributed by atoms with van der Waals surface area (Å²) in [6, 6.07) is 5.36. The van der Waals surface area contributed by atoms with Gasteiger partial charge in [0.2, 0.25) is 0 Å². The second-order valence-corrected chi connectivity index (χ2v) is 5.65. The molecule has 1 aliphatic carbocycles. The molecule has 3 N–H and O–H groups in total. The molecule has 1 fully saturated rings. The number of allylic oxidation sites excluding steroid dienone is 2. The van der Waals surface area contributed by atoms with E-state index in [4.69, 9.17) is 15.7 Å². The van der Waals surface area contributed by atoms with Gasteiger partial charge < -0.3 is 15.6 Å². The summed E-state index contributed by atoms with van der Waals surface area (Å²) in [6.45, 7) is 6.79. The van der Waals surface area contributed by atoms with Crippen LogP contribution in [0.5, 0.6) is 5.75 Å². The van der Waals surface area contributed by atoms with Gasteiger partial charge in [-0.3, -0.25) is 0 Å². The van der Waals surface area contributed by atoms with Gasteiger partial charge in [-0.05, 0) is 25.1 Å². The number of nitriles is 1. The number of halogens is 2. The quantitative estimate of drug-likeness (QED) is 0.834. The van der Waals surface area contributed by atoms with Crippen LogP contribution in [0.4, 0.5) is 8.78 Å². The molecule has 0 radical (unpaired) electrons. The standard InChI is InChI=1S/C18H18F2N2O2/c1-4-14(24-13-6-11(8-21)5-12(19)7-13)15-9(2)17(20)18(23)16(15)10(3)22/h4-7,9,17-18,23H,1,22H2,2-3H3/b15-14?,16-10-. The van der Waals surface area contributed by atoms with Crippen LogP contribution >= 0.6 is 0 Å². The van der Waals surface area contributed by atoms with Crippen molar-refractivity contribution in [2.45, 2.75) is 26.1 Å². The number of nitrogens with two attached hydrogens (primary N) is 1. The number of alkyl halides is 1. The number of ether oxygens (including phenoxy) is 1. The van der Waals surface area contributed by atoms with E-state index in [1.807, 2.05) is 6.07 Å². The maximum absolute atomic E-state index is 14.2. The van der Waals surface area contributed by atoms with Crippen molar-refractivity contribution >= 4 is 0 Å². The number of aliphatic hydroxyl groups excluding tert-OH is 1. The first-order valence-electron chi connectivity index (χ1n) is 7.34. The van der Waals surface area contributed by atoms with E-state index in [2.05, 4.69) is 6.58 Å². The normalized spacial score (nSPS) is 27.4. The molecule has 3 unspecified atom stereocenters. The van der Waals surface area contributed by atoms with Crippen molar-refractivity contribution in [3.8, 4) is 11.8 Å². The summed E-state index contributed by atoms with van der Waals surface area (Å²) in [5.74, 6) is -1.07. The van der Waals surface area contributed by atoms with E-state index in [0.717, 1.165) is 12.1 Å². The third-order valence-corrected chi connectivity index (χ3v) is 3.92. The summed E-state index contributed by atoms with van der Waals surface area (Å²) < 4.78 is 33.4. The van der Waals surface area contributed by atoms with Gasteiger partial charge >= 0.3 is 0 Å². The highest BCUT2D eigenvalue weighted by Crippen LogP contribution is 2.41. The first-order valence-corrected chi connectivity index (χ1v) is 7.34. The summed E-state index contributed by atoms with van der Waals surface area (Å²) in [5, 5.41) is 19.0. The Morgan fingerprint density at radius 3 is 2.62 bits per heavy atom. The first-order chi connectivity index (χ1) is 11.3. The van der Waals surface area contributed by atoms with E-state index in [1.165, 1.54) is 12.1 Å². The van der Waals surface area contributed by atoms with E-state index in [0.29, 0.717) is 5.57 Å². The molecule has 0 aliphatic heterocycles. The fourth-order valence-electron chi connectivity index (χ4n) is 2.82. The van der Waals surface area contributed by atoms with Crippen LogP contribution in [0.1, 0.15) is 19.4 Å². The van der Waals surface area contributed by atoms with Crippen molar-refractivity contribution in [3.63, 3.8) is 0 Å². The van der Waals surface area contributed by atoms with Crippen molar-refractivity contribution in [2.75, 3.05) is 0 Å². The Morgan fingerprint density at radius 1 is 1.42 bits per heavy atom. The van der Waals surface area contributed by atoms with E-state index in [1.54, 1.807) is 13.8 Å². The fraction of sp³-hybridized carbons (Fsp3) is 0.278. The highest BCUT2D eigenvalue weighted by molar-refractivity contribution is 5.50. The minimum atomic E-state index is -1.53. The molecule has 0 amide bonds. The zero-order chi connectivity index (χ0) is 18.0. The number of nitrogens with zero attached hydrogens (tertiary/aromatic N) is 1. The fourth-order valence-corrected chi connectivity index (χ4v) is 2.82. The minimum absolute atomic E-state index is 0.0759. The highest BCUT2D eigenvalue weighted by atomic mass is 19.1.